The summed E-state index contributed by atoms with van der Waals surface area (Å²) in [5.74, 6) is -0.965. The third-order valence-corrected chi connectivity index (χ3v) is 3.74. The predicted molar refractivity (Wildman–Crippen MR) is 71.6 cm³/mol. The predicted octanol–water partition coefficient (Wildman–Crippen LogP) is 1.93. The Morgan fingerprint density at radius 2 is 1.95 bits per heavy atom. The zero-order valence-corrected chi connectivity index (χ0v) is 11.4. The standard InChI is InChI=1S/C15H18FNO3/c1-2-20-13(18)10-17-14(19)15(8-3-9-15)11-4-6-12(16)7-5-11/h4-7H,2-3,8-10H2,1H3,(H,17,19). The molecule has 1 aromatic rings. The van der Waals surface area contributed by atoms with E-state index in [0.29, 0.717) is 12.8 Å². The highest BCUT2D eigenvalue weighted by Gasteiger charge is 2.45. The summed E-state index contributed by atoms with van der Waals surface area (Å²) >= 11 is 0. The maximum Gasteiger partial charge on any atom is 0.325 e. The Kier molecular flexibility index (Phi) is 4.37. The SMILES string of the molecule is CCOC(=O)CNC(=O)C1(c2ccc(F)cc2)CCC1. The second kappa shape index (κ2) is 6.03. The summed E-state index contributed by atoms with van der Waals surface area (Å²) in [7, 11) is 0. The Morgan fingerprint density at radius 1 is 1.30 bits per heavy atom. The Hall–Kier alpha value is -1.91. The lowest BCUT2D eigenvalue weighted by molar-refractivity contribution is -0.144. The highest BCUT2D eigenvalue weighted by molar-refractivity contribution is 5.91. The molecule has 0 spiro atoms. The minimum atomic E-state index is -0.625. The molecule has 4 nitrogen and oxygen atoms in total. The van der Waals surface area contributed by atoms with Crippen molar-refractivity contribution in [2.45, 2.75) is 31.6 Å². The van der Waals surface area contributed by atoms with E-state index in [1.54, 1.807) is 19.1 Å². The molecule has 20 heavy (non-hydrogen) atoms. The van der Waals surface area contributed by atoms with Gasteiger partial charge in [0.25, 0.3) is 0 Å². The summed E-state index contributed by atoms with van der Waals surface area (Å²) in [6.07, 6.45) is 2.38. The minimum absolute atomic E-state index is 0.129. The number of hydrogen-bond donors (Lipinski definition) is 1. The Balaban J connectivity index is 2.05. The van der Waals surface area contributed by atoms with Crippen LogP contribution in [0.5, 0.6) is 0 Å². The van der Waals surface area contributed by atoms with Crippen LogP contribution in [0.25, 0.3) is 0 Å². The first-order valence-electron chi connectivity index (χ1n) is 6.78. The van der Waals surface area contributed by atoms with E-state index in [1.807, 2.05) is 0 Å². The summed E-state index contributed by atoms with van der Waals surface area (Å²) in [6.45, 7) is 1.87. The molecule has 0 aliphatic heterocycles. The van der Waals surface area contributed by atoms with Crippen molar-refractivity contribution >= 4 is 11.9 Å². The van der Waals surface area contributed by atoms with Gasteiger partial charge in [-0.25, -0.2) is 4.39 Å². The fourth-order valence-electron chi connectivity index (χ4n) is 2.48. The zero-order valence-electron chi connectivity index (χ0n) is 11.4. The van der Waals surface area contributed by atoms with Crippen molar-refractivity contribution in [3.8, 4) is 0 Å². The van der Waals surface area contributed by atoms with Crippen molar-refractivity contribution in [2.24, 2.45) is 0 Å². The number of esters is 1. The van der Waals surface area contributed by atoms with Gasteiger partial charge in [-0.05, 0) is 37.5 Å². The molecule has 1 aromatic carbocycles. The van der Waals surface area contributed by atoms with Crippen LogP contribution in [0.3, 0.4) is 0 Å². The average Bonchev–Trinajstić information content (AvgIpc) is 2.38. The molecule has 1 aliphatic carbocycles. The first kappa shape index (κ1) is 14.5. The first-order valence-corrected chi connectivity index (χ1v) is 6.78. The van der Waals surface area contributed by atoms with Crippen LogP contribution < -0.4 is 5.32 Å². The number of carbonyl (C=O) groups excluding carboxylic acids is 2. The van der Waals surface area contributed by atoms with Crippen LogP contribution in [0, 0.1) is 5.82 Å². The van der Waals surface area contributed by atoms with E-state index in [4.69, 9.17) is 4.74 Å². The van der Waals surface area contributed by atoms with Crippen LogP contribution in [-0.2, 0) is 19.7 Å². The van der Waals surface area contributed by atoms with Gasteiger partial charge in [-0.15, -0.1) is 0 Å². The van der Waals surface area contributed by atoms with Gasteiger partial charge in [0.05, 0.1) is 12.0 Å². The van der Waals surface area contributed by atoms with Crippen LogP contribution >= 0.6 is 0 Å². The maximum atomic E-state index is 13.0. The Morgan fingerprint density at radius 3 is 2.45 bits per heavy atom. The Labute approximate surface area is 117 Å². The molecule has 108 valence electrons. The van der Waals surface area contributed by atoms with Crippen molar-refractivity contribution < 1.29 is 18.7 Å². The normalized spacial score (nSPS) is 16.1. The van der Waals surface area contributed by atoms with E-state index in [0.717, 1.165) is 12.0 Å². The Bertz CT molecular complexity index is 494. The molecule has 1 amide bonds. The van der Waals surface area contributed by atoms with Crippen molar-refractivity contribution in [1.82, 2.24) is 5.32 Å². The molecule has 0 bridgehead atoms. The van der Waals surface area contributed by atoms with Crippen LogP contribution in [-0.4, -0.2) is 25.0 Å². The number of amides is 1. The highest BCUT2D eigenvalue weighted by Crippen LogP contribution is 2.43. The molecule has 1 saturated carbocycles. The van der Waals surface area contributed by atoms with Crippen LogP contribution in [0.15, 0.2) is 24.3 Å². The molecule has 1 fully saturated rings. The highest BCUT2D eigenvalue weighted by atomic mass is 19.1. The van der Waals surface area contributed by atoms with Crippen molar-refractivity contribution in [1.29, 1.82) is 0 Å². The third kappa shape index (κ3) is 2.81. The van der Waals surface area contributed by atoms with E-state index < -0.39 is 11.4 Å². The van der Waals surface area contributed by atoms with E-state index in [9.17, 15) is 14.0 Å². The molecule has 0 saturated heterocycles. The van der Waals surface area contributed by atoms with Crippen molar-refractivity contribution in [3.63, 3.8) is 0 Å². The van der Waals surface area contributed by atoms with Crippen LogP contribution in [0.4, 0.5) is 4.39 Å². The lowest BCUT2D eigenvalue weighted by Gasteiger charge is -2.40. The maximum absolute atomic E-state index is 13.0. The second-order valence-corrected chi connectivity index (χ2v) is 4.93. The molecule has 2 rings (SSSR count). The molecule has 0 radical (unpaired) electrons. The summed E-state index contributed by atoms with van der Waals surface area (Å²) in [6, 6.07) is 5.99. The summed E-state index contributed by atoms with van der Waals surface area (Å²) < 4.78 is 17.7. The van der Waals surface area contributed by atoms with Gasteiger partial charge in [-0.2, -0.15) is 0 Å². The van der Waals surface area contributed by atoms with Gasteiger partial charge in [-0.1, -0.05) is 18.6 Å². The van der Waals surface area contributed by atoms with Crippen molar-refractivity contribution in [2.75, 3.05) is 13.2 Å². The van der Waals surface area contributed by atoms with Crippen LogP contribution in [0.2, 0.25) is 0 Å². The second-order valence-electron chi connectivity index (χ2n) is 4.93. The van der Waals surface area contributed by atoms with Gasteiger partial charge in [0.2, 0.25) is 5.91 Å². The lowest BCUT2D eigenvalue weighted by Crippen LogP contribution is -2.50. The smallest absolute Gasteiger partial charge is 0.325 e. The number of nitrogens with one attached hydrogen (secondary N) is 1. The molecule has 0 atom stereocenters. The number of rotatable bonds is 5. The number of benzene rings is 1. The van der Waals surface area contributed by atoms with E-state index >= 15 is 0 Å². The number of hydrogen-bond acceptors (Lipinski definition) is 3. The fourth-order valence-corrected chi connectivity index (χ4v) is 2.48. The van der Waals surface area contributed by atoms with Gasteiger partial charge in [0.15, 0.2) is 0 Å². The third-order valence-electron chi connectivity index (χ3n) is 3.74. The van der Waals surface area contributed by atoms with Gasteiger partial charge in [0.1, 0.15) is 12.4 Å². The largest absolute Gasteiger partial charge is 0.465 e. The first-order chi connectivity index (χ1) is 9.58. The van der Waals surface area contributed by atoms with Gasteiger partial charge < -0.3 is 10.1 Å². The monoisotopic (exact) mass is 279 g/mol. The van der Waals surface area contributed by atoms with Crippen LogP contribution in [0.1, 0.15) is 31.7 Å². The molecule has 0 heterocycles. The lowest BCUT2D eigenvalue weighted by atomic mass is 9.64. The molecule has 1 N–H and O–H groups in total. The summed E-state index contributed by atoms with van der Waals surface area (Å²) in [4.78, 5) is 23.6. The van der Waals surface area contributed by atoms with Crippen molar-refractivity contribution in [3.05, 3.63) is 35.6 Å². The molecule has 1 aliphatic rings. The molecule has 0 unspecified atom stereocenters. The topological polar surface area (TPSA) is 55.4 Å². The summed E-state index contributed by atoms with van der Waals surface area (Å²) in [5, 5.41) is 2.62. The molecular weight excluding hydrogens is 261 g/mol. The fraction of sp³-hybridized carbons (Fsp3) is 0.467. The van der Waals surface area contributed by atoms with E-state index in [-0.39, 0.29) is 24.9 Å². The molecular formula is C15H18FNO3. The van der Waals surface area contributed by atoms with Gasteiger partial charge in [-0.3, -0.25) is 9.59 Å². The molecule has 5 heteroatoms. The number of halogens is 1. The minimum Gasteiger partial charge on any atom is -0.465 e. The average molecular weight is 279 g/mol. The summed E-state index contributed by atoms with van der Waals surface area (Å²) in [5.41, 5.74) is 0.173. The molecule has 0 aromatic heterocycles. The van der Waals surface area contributed by atoms with E-state index in [1.165, 1.54) is 12.1 Å². The quantitative estimate of drug-likeness (QED) is 0.838. The number of ether oxygens (including phenoxy) is 1. The van der Waals surface area contributed by atoms with Gasteiger partial charge >= 0.3 is 5.97 Å². The van der Waals surface area contributed by atoms with Gasteiger partial charge in [0, 0.05) is 0 Å². The van der Waals surface area contributed by atoms with E-state index in [2.05, 4.69) is 5.32 Å². The zero-order chi connectivity index (χ0) is 14.6. The number of carbonyl (C=O) groups is 2.